The highest BCUT2D eigenvalue weighted by molar-refractivity contribution is 9.10. The Kier molecular flexibility index (Phi) is 4.20. The number of carbonyl (C=O) groups is 1. The van der Waals surface area contributed by atoms with E-state index in [9.17, 15) is 4.79 Å². The van der Waals surface area contributed by atoms with E-state index < -0.39 is 5.97 Å². The number of nitrogens with zero attached hydrogens (tertiary/aromatic N) is 1. The van der Waals surface area contributed by atoms with Gasteiger partial charge in [0.2, 0.25) is 0 Å². The maximum atomic E-state index is 11.6. The Bertz CT molecular complexity index is 567. The first-order chi connectivity index (χ1) is 8.63. The third-order valence-electron chi connectivity index (χ3n) is 2.21. The number of halogens is 1. The number of hydrogen-bond acceptors (Lipinski definition) is 7. The van der Waals surface area contributed by atoms with Gasteiger partial charge in [0.1, 0.15) is 10.6 Å². The van der Waals surface area contributed by atoms with Crippen LogP contribution < -0.4 is 11.1 Å². The Hall–Kier alpha value is -1.12. The number of thiophene rings is 1. The number of aromatic nitrogens is 1. The number of anilines is 2. The highest BCUT2D eigenvalue weighted by Crippen LogP contribution is 2.29. The van der Waals surface area contributed by atoms with Crippen molar-refractivity contribution in [3.63, 3.8) is 0 Å². The molecule has 0 saturated heterocycles. The Labute approximate surface area is 120 Å². The highest BCUT2D eigenvalue weighted by atomic mass is 79.9. The SMILES string of the molecule is COC(=O)c1c(N)nsc1NCc1sccc1Br. The highest BCUT2D eigenvalue weighted by Gasteiger charge is 2.19. The molecule has 2 aromatic rings. The van der Waals surface area contributed by atoms with Crippen LogP contribution in [0.15, 0.2) is 15.9 Å². The molecule has 8 heteroatoms. The van der Waals surface area contributed by atoms with Crippen molar-refractivity contribution < 1.29 is 9.53 Å². The number of nitrogen functional groups attached to an aromatic ring is 1. The number of methoxy groups -OCH3 is 1. The quantitative estimate of drug-likeness (QED) is 0.831. The number of esters is 1. The fourth-order valence-electron chi connectivity index (χ4n) is 1.33. The summed E-state index contributed by atoms with van der Waals surface area (Å²) in [5.74, 6) is -0.284. The number of nitrogens with one attached hydrogen (secondary N) is 1. The minimum Gasteiger partial charge on any atom is -0.465 e. The summed E-state index contributed by atoms with van der Waals surface area (Å²) in [6.07, 6.45) is 0. The van der Waals surface area contributed by atoms with Gasteiger partial charge in [-0.3, -0.25) is 0 Å². The Morgan fingerprint density at radius 1 is 1.67 bits per heavy atom. The van der Waals surface area contributed by atoms with Crippen LogP contribution in [-0.2, 0) is 11.3 Å². The summed E-state index contributed by atoms with van der Waals surface area (Å²) in [7, 11) is 1.32. The maximum Gasteiger partial charge on any atom is 0.344 e. The molecule has 0 radical (unpaired) electrons. The number of ether oxygens (including phenoxy) is 1. The van der Waals surface area contributed by atoms with Gasteiger partial charge in [0, 0.05) is 9.35 Å². The molecule has 18 heavy (non-hydrogen) atoms. The third kappa shape index (κ3) is 2.65. The zero-order chi connectivity index (χ0) is 13.1. The summed E-state index contributed by atoms with van der Waals surface area (Å²) >= 11 is 6.22. The van der Waals surface area contributed by atoms with Crippen LogP contribution in [0.25, 0.3) is 0 Å². The zero-order valence-electron chi connectivity index (χ0n) is 9.40. The third-order valence-corrected chi connectivity index (χ3v) is 4.95. The van der Waals surface area contributed by atoms with E-state index in [-0.39, 0.29) is 5.82 Å². The number of rotatable bonds is 4. The molecular formula is C10H10BrN3O2S2. The first kappa shape index (κ1) is 13.3. The monoisotopic (exact) mass is 347 g/mol. The molecule has 2 rings (SSSR count). The van der Waals surface area contributed by atoms with Crippen molar-refractivity contribution in [3.8, 4) is 0 Å². The van der Waals surface area contributed by atoms with E-state index in [4.69, 9.17) is 5.73 Å². The lowest BCUT2D eigenvalue weighted by molar-refractivity contribution is 0.0603. The molecule has 96 valence electrons. The molecule has 0 atom stereocenters. The predicted molar refractivity (Wildman–Crippen MR) is 77.2 cm³/mol. The van der Waals surface area contributed by atoms with E-state index in [1.807, 2.05) is 11.4 Å². The van der Waals surface area contributed by atoms with Crippen molar-refractivity contribution in [2.24, 2.45) is 0 Å². The van der Waals surface area contributed by atoms with Gasteiger partial charge in [-0.15, -0.1) is 11.3 Å². The van der Waals surface area contributed by atoms with Crippen LogP contribution in [-0.4, -0.2) is 17.5 Å². The van der Waals surface area contributed by atoms with Gasteiger partial charge in [-0.25, -0.2) is 4.79 Å². The van der Waals surface area contributed by atoms with Gasteiger partial charge in [0.15, 0.2) is 5.82 Å². The molecule has 0 saturated carbocycles. The van der Waals surface area contributed by atoms with E-state index >= 15 is 0 Å². The van der Waals surface area contributed by atoms with Crippen molar-refractivity contribution in [1.82, 2.24) is 4.37 Å². The molecule has 0 aliphatic carbocycles. The second kappa shape index (κ2) is 5.68. The number of hydrogen-bond donors (Lipinski definition) is 2. The molecule has 0 amide bonds. The van der Waals surface area contributed by atoms with E-state index in [2.05, 4.69) is 30.4 Å². The maximum absolute atomic E-state index is 11.6. The van der Waals surface area contributed by atoms with Crippen molar-refractivity contribution in [2.75, 3.05) is 18.2 Å². The minimum atomic E-state index is -0.478. The van der Waals surface area contributed by atoms with Crippen LogP contribution in [0.3, 0.4) is 0 Å². The standard InChI is InChI=1S/C10H10BrN3O2S2/c1-16-10(15)7-8(12)14-18-9(7)13-4-6-5(11)2-3-17-6/h2-3,13H,4H2,1H3,(H2,12,14). The molecule has 0 spiro atoms. The molecule has 2 heterocycles. The van der Waals surface area contributed by atoms with Gasteiger partial charge in [-0.1, -0.05) is 0 Å². The number of nitrogens with two attached hydrogens (primary N) is 1. The van der Waals surface area contributed by atoms with Crippen LogP contribution in [0.4, 0.5) is 10.8 Å². The molecule has 0 aliphatic heterocycles. The predicted octanol–water partition coefficient (Wildman–Crippen LogP) is 2.95. The normalized spacial score (nSPS) is 10.3. The summed E-state index contributed by atoms with van der Waals surface area (Å²) in [6, 6.07) is 1.98. The topological polar surface area (TPSA) is 77.2 Å². The van der Waals surface area contributed by atoms with Crippen molar-refractivity contribution in [2.45, 2.75) is 6.54 Å². The van der Waals surface area contributed by atoms with Gasteiger partial charge in [0.05, 0.1) is 13.7 Å². The summed E-state index contributed by atoms with van der Waals surface area (Å²) in [5.41, 5.74) is 5.95. The van der Waals surface area contributed by atoms with Gasteiger partial charge in [0.25, 0.3) is 0 Å². The lowest BCUT2D eigenvalue weighted by Crippen LogP contribution is -2.07. The van der Waals surface area contributed by atoms with Crippen molar-refractivity contribution in [1.29, 1.82) is 0 Å². The second-order valence-corrected chi connectivity index (χ2v) is 5.94. The van der Waals surface area contributed by atoms with Crippen LogP contribution in [0.2, 0.25) is 0 Å². The first-order valence-electron chi connectivity index (χ1n) is 4.92. The Balaban J connectivity index is 2.15. The zero-order valence-corrected chi connectivity index (χ0v) is 12.6. The van der Waals surface area contributed by atoms with Crippen molar-refractivity contribution >= 4 is 55.6 Å². The van der Waals surface area contributed by atoms with Crippen LogP contribution >= 0.6 is 38.8 Å². The van der Waals surface area contributed by atoms with Crippen LogP contribution in [0.1, 0.15) is 15.2 Å². The average Bonchev–Trinajstić information content (AvgIpc) is 2.92. The molecule has 0 aliphatic rings. The minimum absolute atomic E-state index is 0.194. The van der Waals surface area contributed by atoms with E-state index in [0.29, 0.717) is 17.1 Å². The average molecular weight is 348 g/mol. The largest absolute Gasteiger partial charge is 0.465 e. The molecule has 2 aromatic heterocycles. The smallest absolute Gasteiger partial charge is 0.344 e. The lowest BCUT2D eigenvalue weighted by atomic mass is 10.3. The first-order valence-corrected chi connectivity index (χ1v) is 7.37. The Morgan fingerprint density at radius 2 is 2.44 bits per heavy atom. The van der Waals surface area contributed by atoms with E-state index in [0.717, 1.165) is 20.9 Å². The lowest BCUT2D eigenvalue weighted by Gasteiger charge is -2.05. The summed E-state index contributed by atoms with van der Waals surface area (Å²) in [6.45, 7) is 0.601. The Morgan fingerprint density at radius 3 is 3.06 bits per heavy atom. The molecule has 3 N–H and O–H groups in total. The summed E-state index contributed by atoms with van der Waals surface area (Å²) in [4.78, 5) is 12.7. The fraction of sp³-hybridized carbons (Fsp3) is 0.200. The molecule has 0 aromatic carbocycles. The van der Waals surface area contributed by atoms with Gasteiger partial charge < -0.3 is 15.8 Å². The molecule has 0 bridgehead atoms. The summed E-state index contributed by atoms with van der Waals surface area (Å²) in [5, 5.41) is 5.76. The second-order valence-electron chi connectivity index (χ2n) is 3.31. The molecule has 0 unspecified atom stereocenters. The van der Waals surface area contributed by atoms with Crippen molar-refractivity contribution in [3.05, 3.63) is 26.4 Å². The summed E-state index contributed by atoms with van der Waals surface area (Å²) < 4.78 is 9.67. The number of carbonyl (C=O) groups excluding carboxylic acids is 1. The van der Waals surface area contributed by atoms with Gasteiger partial charge in [-0.05, 0) is 38.9 Å². The molecule has 0 fully saturated rings. The molecular weight excluding hydrogens is 338 g/mol. The van der Waals surface area contributed by atoms with Gasteiger partial charge >= 0.3 is 5.97 Å². The fourth-order valence-corrected chi connectivity index (χ4v) is 3.46. The van der Waals surface area contributed by atoms with Crippen LogP contribution in [0, 0.1) is 0 Å². The van der Waals surface area contributed by atoms with Crippen LogP contribution in [0.5, 0.6) is 0 Å². The van der Waals surface area contributed by atoms with E-state index in [1.54, 1.807) is 11.3 Å². The molecule has 5 nitrogen and oxygen atoms in total. The van der Waals surface area contributed by atoms with E-state index in [1.165, 1.54) is 7.11 Å². The van der Waals surface area contributed by atoms with Gasteiger partial charge in [-0.2, -0.15) is 4.37 Å².